The Hall–Kier alpha value is -0.930. The van der Waals surface area contributed by atoms with Crippen LogP contribution in [0, 0.1) is 0 Å². The molecule has 98 valence electrons. The highest BCUT2D eigenvalue weighted by atomic mass is 35.5. The van der Waals surface area contributed by atoms with E-state index < -0.39 is 5.97 Å². The summed E-state index contributed by atoms with van der Waals surface area (Å²) in [5.74, 6) is -1.08. The summed E-state index contributed by atoms with van der Waals surface area (Å²) in [5.41, 5.74) is 1.10. The van der Waals surface area contributed by atoms with Gasteiger partial charge in [0.25, 0.3) is 0 Å². The number of rotatable bonds is 2. The summed E-state index contributed by atoms with van der Waals surface area (Å²) in [7, 11) is 0. The first-order chi connectivity index (χ1) is 8.90. The fourth-order valence-corrected chi connectivity index (χ4v) is 2.42. The largest absolute Gasteiger partial charge is 0.478 e. The number of carbonyl (C=O) groups is 1. The van der Waals surface area contributed by atoms with Crippen LogP contribution in [0.25, 0.3) is 11.1 Å². The van der Waals surface area contributed by atoms with E-state index in [1.807, 2.05) is 0 Å². The van der Waals surface area contributed by atoms with Gasteiger partial charge in [-0.25, -0.2) is 4.79 Å². The van der Waals surface area contributed by atoms with Crippen LogP contribution in [0.1, 0.15) is 10.4 Å². The van der Waals surface area contributed by atoms with E-state index in [1.165, 1.54) is 6.07 Å². The fourth-order valence-electron chi connectivity index (χ4n) is 1.66. The second-order valence-electron chi connectivity index (χ2n) is 3.75. The predicted octanol–water partition coefficient (Wildman–Crippen LogP) is 5.67. The molecular formula is C13H6Cl4O2. The lowest BCUT2D eigenvalue weighted by molar-refractivity contribution is 0.0697. The van der Waals surface area contributed by atoms with Gasteiger partial charge in [-0.05, 0) is 35.4 Å². The van der Waals surface area contributed by atoms with Crippen LogP contribution in [0.15, 0.2) is 30.3 Å². The molecule has 0 atom stereocenters. The molecule has 6 heteroatoms. The minimum absolute atomic E-state index is 0.0713. The van der Waals surface area contributed by atoms with Gasteiger partial charge in [-0.15, -0.1) is 0 Å². The maximum atomic E-state index is 11.2. The molecule has 0 fully saturated rings. The van der Waals surface area contributed by atoms with Crippen molar-refractivity contribution >= 4 is 52.4 Å². The molecule has 0 heterocycles. The van der Waals surface area contributed by atoms with Crippen LogP contribution in [0.2, 0.25) is 20.1 Å². The van der Waals surface area contributed by atoms with Gasteiger partial charge in [0.05, 0.1) is 20.6 Å². The molecule has 2 rings (SSSR count). The number of aromatic carboxylic acids is 1. The maximum Gasteiger partial charge on any atom is 0.336 e. The Morgan fingerprint density at radius 1 is 0.947 bits per heavy atom. The second-order valence-corrected chi connectivity index (χ2v) is 5.38. The van der Waals surface area contributed by atoms with Gasteiger partial charge in [-0.2, -0.15) is 0 Å². The molecule has 2 aromatic rings. The highest BCUT2D eigenvalue weighted by molar-refractivity contribution is 6.48. The average molecular weight is 336 g/mol. The first-order valence-electron chi connectivity index (χ1n) is 5.08. The van der Waals surface area contributed by atoms with Crippen LogP contribution in [0.3, 0.4) is 0 Å². The van der Waals surface area contributed by atoms with E-state index in [0.29, 0.717) is 16.1 Å². The molecule has 0 aliphatic heterocycles. The maximum absolute atomic E-state index is 11.2. The SMILES string of the molecule is O=C(O)c1cc(Cl)ccc1-c1cc(Cl)c(Cl)c(Cl)c1. The first kappa shape index (κ1) is 14.5. The number of halogens is 4. The number of carboxylic acid groups (broad SMARTS) is 1. The number of benzene rings is 2. The van der Waals surface area contributed by atoms with E-state index in [2.05, 4.69) is 0 Å². The van der Waals surface area contributed by atoms with Gasteiger partial charge < -0.3 is 5.11 Å². The molecule has 0 radical (unpaired) electrons. The topological polar surface area (TPSA) is 37.3 Å². The summed E-state index contributed by atoms with van der Waals surface area (Å²) in [6, 6.07) is 7.69. The van der Waals surface area contributed by atoms with E-state index in [9.17, 15) is 9.90 Å². The molecule has 0 saturated heterocycles. The molecule has 0 amide bonds. The summed E-state index contributed by atoms with van der Waals surface area (Å²) in [4.78, 5) is 11.2. The van der Waals surface area contributed by atoms with Crippen molar-refractivity contribution in [3.05, 3.63) is 56.0 Å². The van der Waals surface area contributed by atoms with Gasteiger partial charge in [0.2, 0.25) is 0 Å². The molecule has 0 bridgehead atoms. The van der Waals surface area contributed by atoms with Gasteiger partial charge in [-0.1, -0.05) is 52.5 Å². The van der Waals surface area contributed by atoms with Crippen molar-refractivity contribution in [1.82, 2.24) is 0 Å². The molecule has 0 aromatic heterocycles. The molecule has 0 unspecified atom stereocenters. The molecule has 1 N–H and O–H groups in total. The van der Waals surface area contributed by atoms with Crippen molar-refractivity contribution in [3.63, 3.8) is 0 Å². The number of hydrogen-bond acceptors (Lipinski definition) is 1. The third-order valence-electron chi connectivity index (χ3n) is 2.51. The molecule has 2 nitrogen and oxygen atoms in total. The Morgan fingerprint density at radius 2 is 1.53 bits per heavy atom. The predicted molar refractivity (Wildman–Crippen MR) is 78.9 cm³/mol. The van der Waals surface area contributed by atoms with Crippen molar-refractivity contribution in [2.24, 2.45) is 0 Å². The van der Waals surface area contributed by atoms with Crippen molar-refractivity contribution < 1.29 is 9.90 Å². The van der Waals surface area contributed by atoms with Crippen molar-refractivity contribution in [2.75, 3.05) is 0 Å². The van der Waals surface area contributed by atoms with Gasteiger partial charge in [0.1, 0.15) is 0 Å². The van der Waals surface area contributed by atoms with Crippen LogP contribution < -0.4 is 0 Å². The minimum atomic E-state index is -1.08. The Morgan fingerprint density at radius 3 is 2.05 bits per heavy atom. The highest BCUT2D eigenvalue weighted by Gasteiger charge is 2.15. The molecule has 2 aromatic carbocycles. The fraction of sp³-hybridized carbons (Fsp3) is 0. The summed E-state index contributed by atoms with van der Waals surface area (Å²) < 4.78 is 0. The zero-order valence-electron chi connectivity index (χ0n) is 9.25. The molecule has 19 heavy (non-hydrogen) atoms. The summed E-state index contributed by atoms with van der Waals surface area (Å²) in [5, 5.41) is 10.3. The van der Waals surface area contributed by atoms with E-state index >= 15 is 0 Å². The number of carboxylic acids is 1. The quantitative estimate of drug-likeness (QED) is 0.718. The third kappa shape index (κ3) is 2.98. The lowest BCUT2D eigenvalue weighted by atomic mass is 10.00. The van der Waals surface area contributed by atoms with Gasteiger partial charge >= 0.3 is 5.97 Å². The highest BCUT2D eigenvalue weighted by Crippen LogP contribution is 2.36. The molecule has 0 aliphatic rings. The molecule has 0 saturated carbocycles. The first-order valence-corrected chi connectivity index (χ1v) is 6.59. The van der Waals surface area contributed by atoms with Crippen LogP contribution in [-0.2, 0) is 0 Å². The Bertz CT molecular complexity index is 645. The van der Waals surface area contributed by atoms with Crippen LogP contribution in [0.5, 0.6) is 0 Å². The average Bonchev–Trinajstić information content (AvgIpc) is 2.35. The summed E-state index contributed by atoms with van der Waals surface area (Å²) in [6.07, 6.45) is 0. The van der Waals surface area contributed by atoms with Gasteiger partial charge in [-0.3, -0.25) is 0 Å². The lowest BCUT2D eigenvalue weighted by Gasteiger charge is -2.09. The molecule has 0 spiro atoms. The Labute approximate surface area is 129 Å². The zero-order valence-corrected chi connectivity index (χ0v) is 12.3. The van der Waals surface area contributed by atoms with Gasteiger partial charge in [0, 0.05) is 5.02 Å². The van der Waals surface area contributed by atoms with E-state index in [4.69, 9.17) is 46.4 Å². The van der Waals surface area contributed by atoms with Crippen LogP contribution >= 0.6 is 46.4 Å². The van der Waals surface area contributed by atoms with Gasteiger partial charge in [0.15, 0.2) is 0 Å². The summed E-state index contributed by atoms with van der Waals surface area (Å²) in [6.45, 7) is 0. The van der Waals surface area contributed by atoms with E-state index in [1.54, 1.807) is 24.3 Å². The smallest absolute Gasteiger partial charge is 0.336 e. The van der Waals surface area contributed by atoms with Crippen LogP contribution in [0.4, 0.5) is 0 Å². The minimum Gasteiger partial charge on any atom is -0.478 e. The van der Waals surface area contributed by atoms with Crippen LogP contribution in [-0.4, -0.2) is 11.1 Å². The Balaban J connectivity index is 2.68. The monoisotopic (exact) mass is 334 g/mol. The number of hydrogen-bond donors (Lipinski definition) is 1. The van der Waals surface area contributed by atoms with E-state index in [-0.39, 0.29) is 20.6 Å². The Kier molecular flexibility index (Phi) is 4.26. The normalized spacial score (nSPS) is 10.5. The molecule has 0 aliphatic carbocycles. The standard InChI is InChI=1S/C13H6Cl4O2/c14-7-1-2-8(9(5-7)13(18)19)6-3-10(15)12(17)11(16)4-6/h1-5H,(H,18,19). The van der Waals surface area contributed by atoms with E-state index in [0.717, 1.165) is 0 Å². The zero-order chi connectivity index (χ0) is 14.2. The molecular weight excluding hydrogens is 330 g/mol. The van der Waals surface area contributed by atoms with Crippen molar-refractivity contribution in [2.45, 2.75) is 0 Å². The second kappa shape index (κ2) is 5.59. The van der Waals surface area contributed by atoms with Crippen molar-refractivity contribution in [1.29, 1.82) is 0 Å². The third-order valence-corrected chi connectivity index (χ3v) is 3.94. The lowest BCUT2D eigenvalue weighted by Crippen LogP contribution is -1.99. The van der Waals surface area contributed by atoms with Crippen molar-refractivity contribution in [3.8, 4) is 11.1 Å². The summed E-state index contributed by atoms with van der Waals surface area (Å²) >= 11 is 23.5.